The number of piperazine rings is 1. The van der Waals surface area contributed by atoms with Gasteiger partial charge in [0, 0.05) is 39.3 Å². The highest BCUT2D eigenvalue weighted by Crippen LogP contribution is 2.18. The monoisotopic (exact) mass is 402 g/mol. The van der Waals surface area contributed by atoms with Gasteiger partial charge in [-0.3, -0.25) is 14.5 Å². The number of nitrogens with zero attached hydrogens (tertiary/aromatic N) is 2. The highest BCUT2D eigenvalue weighted by Gasteiger charge is 2.30. The molecular weight excluding hydrogens is 375 g/mol. The summed E-state index contributed by atoms with van der Waals surface area (Å²) in [5, 5.41) is 6.18. The molecule has 1 atom stereocenters. The van der Waals surface area contributed by atoms with Crippen LogP contribution in [0.2, 0.25) is 0 Å². The quantitative estimate of drug-likeness (QED) is 0.782. The zero-order chi connectivity index (χ0) is 16.9. The van der Waals surface area contributed by atoms with Gasteiger partial charge in [0.15, 0.2) is 0 Å². The summed E-state index contributed by atoms with van der Waals surface area (Å²) in [4.78, 5) is 28.4. The van der Waals surface area contributed by atoms with E-state index in [1.165, 1.54) is 11.1 Å². The summed E-state index contributed by atoms with van der Waals surface area (Å²) < 4.78 is 0. The van der Waals surface area contributed by atoms with Gasteiger partial charge in [-0.15, -0.1) is 24.8 Å². The number of fused-ring (bicyclic) bond motifs is 1. The first-order chi connectivity index (χ1) is 11.7. The molecule has 146 valence electrons. The molecule has 1 fully saturated rings. The minimum Gasteiger partial charge on any atom is -0.355 e. The smallest absolute Gasteiger partial charge is 0.240 e. The van der Waals surface area contributed by atoms with E-state index >= 15 is 0 Å². The Hall–Kier alpha value is -1.34. The zero-order valence-corrected chi connectivity index (χ0v) is 16.7. The van der Waals surface area contributed by atoms with Crippen LogP contribution in [0.5, 0.6) is 0 Å². The van der Waals surface area contributed by atoms with E-state index in [1.807, 2.05) is 24.0 Å². The molecule has 2 aliphatic rings. The molecule has 0 spiro atoms. The van der Waals surface area contributed by atoms with Crippen molar-refractivity contribution in [3.8, 4) is 0 Å². The molecule has 0 aliphatic carbocycles. The molecule has 1 aromatic carbocycles. The van der Waals surface area contributed by atoms with Crippen LogP contribution in [0.3, 0.4) is 0 Å². The van der Waals surface area contributed by atoms with Crippen molar-refractivity contribution in [1.29, 1.82) is 0 Å². The maximum absolute atomic E-state index is 12.8. The van der Waals surface area contributed by atoms with E-state index in [-0.39, 0.29) is 42.7 Å². The lowest BCUT2D eigenvalue weighted by molar-refractivity contribution is -0.135. The van der Waals surface area contributed by atoms with Crippen molar-refractivity contribution in [2.24, 2.45) is 0 Å². The number of carbonyl (C=O) groups is 2. The fourth-order valence-electron chi connectivity index (χ4n) is 3.43. The van der Waals surface area contributed by atoms with Gasteiger partial charge in [-0.2, -0.15) is 0 Å². The van der Waals surface area contributed by atoms with E-state index in [9.17, 15) is 9.59 Å². The molecule has 3 rings (SSSR count). The SMILES string of the molecule is CCNC(=O)CN1CCN(C(=O)C2Cc3ccccc3CN2)CC1.Cl.Cl. The molecule has 2 heterocycles. The van der Waals surface area contributed by atoms with Gasteiger partial charge in [0.25, 0.3) is 0 Å². The molecule has 0 aromatic heterocycles. The fraction of sp³-hybridized carbons (Fsp3) is 0.556. The Bertz CT molecular complexity index is 607. The lowest BCUT2D eigenvalue weighted by Crippen LogP contribution is -2.56. The Morgan fingerprint density at radius 3 is 2.42 bits per heavy atom. The molecule has 6 nitrogen and oxygen atoms in total. The molecule has 1 saturated heterocycles. The Morgan fingerprint density at radius 2 is 1.77 bits per heavy atom. The number of hydrogen-bond donors (Lipinski definition) is 2. The van der Waals surface area contributed by atoms with E-state index in [0.29, 0.717) is 26.2 Å². The van der Waals surface area contributed by atoms with Gasteiger partial charge in [0.2, 0.25) is 11.8 Å². The largest absolute Gasteiger partial charge is 0.355 e. The molecular formula is C18H28Cl2N4O2. The molecule has 1 unspecified atom stereocenters. The van der Waals surface area contributed by atoms with Crippen molar-refractivity contribution < 1.29 is 9.59 Å². The lowest BCUT2D eigenvalue weighted by Gasteiger charge is -2.37. The third-order valence-corrected chi connectivity index (χ3v) is 4.80. The number of halogens is 2. The first-order valence-corrected chi connectivity index (χ1v) is 8.75. The summed E-state index contributed by atoms with van der Waals surface area (Å²) in [6.45, 7) is 6.65. The van der Waals surface area contributed by atoms with Gasteiger partial charge in [0.05, 0.1) is 12.6 Å². The third kappa shape index (κ3) is 5.58. The number of rotatable bonds is 4. The second-order valence-corrected chi connectivity index (χ2v) is 6.46. The molecule has 2 N–H and O–H groups in total. The average Bonchev–Trinajstić information content (AvgIpc) is 2.61. The average molecular weight is 403 g/mol. The zero-order valence-electron chi connectivity index (χ0n) is 15.1. The van der Waals surface area contributed by atoms with Crippen molar-refractivity contribution in [3.63, 3.8) is 0 Å². The van der Waals surface area contributed by atoms with Gasteiger partial charge < -0.3 is 15.5 Å². The minimum absolute atomic E-state index is 0. The van der Waals surface area contributed by atoms with Crippen molar-refractivity contribution in [3.05, 3.63) is 35.4 Å². The van der Waals surface area contributed by atoms with Crippen LogP contribution in [-0.4, -0.2) is 66.9 Å². The Kier molecular flexibility index (Phi) is 9.36. The topological polar surface area (TPSA) is 64.7 Å². The summed E-state index contributed by atoms with van der Waals surface area (Å²) in [5.41, 5.74) is 2.55. The van der Waals surface area contributed by atoms with Gasteiger partial charge in [-0.1, -0.05) is 24.3 Å². The fourth-order valence-corrected chi connectivity index (χ4v) is 3.43. The maximum atomic E-state index is 12.8. The van der Waals surface area contributed by atoms with E-state index < -0.39 is 0 Å². The van der Waals surface area contributed by atoms with Gasteiger partial charge >= 0.3 is 0 Å². The molecule has 8 heteroatoms. The number of hydrogen-bond acceptors (Lipinski definition) is 4. The summed E-state index contributed by atoms with van der Waals surface area (Å²) in [6.07, 6.45) is 0.758. The molecule has 0 bridgehead atoms. The molecule has 1 aromatic rings. The van der Waals surface area contributed by atoms with E-state index in [4.69, 9.17) is 0 Å². The van der Waals surface area contributed by atoms with Crippen molar-refractivity contribution in [2.45, 2.75) is 25.9 Å². The van der Waals surface area contributed by atoms with Crippen molar-refractivity contribution in [1.82, 2.24) is 20.4 Å². The Labute approximate surface area is 167 Å². The predicted molar refractivity (Wildman–Crippen MR) is 107 cm³/mol. The van der Waals surface area contributed by atoms with Crippen LogP contribution >= 0.6 is 24.8 Å². The van der Waals surface area contributed by atoms with Gasteiger partial charge in [0.1, 0.15) is 0 Å². The molecule has 26 heavy (non-hydrogen) atoms. The van der Waals surface area contributed by atoms with Crippen LogP contribution in [0.15, 0.2) is 24.3 Å². The van der Waals surface area contributed by atoms with Crippen LogP contribution < -0.4 is 10.6 Å². The van der Waals surface area contributed by atoms with Gasteiger partial charge in [-0.25, -0.2) is 0 Å². The number of benzene rings is 1. The normalized spacial score (nSPS) is 19.6. The second-order valence-electron chi connectivity index (χ2n) is 6.46. The van der Waals surface area contributed by atoms with E-state index in [0.717, 1.165) is 26.1 Å². The van der Waals surface area contributed by atoms with Crippen LogP contribution in [0.1, 0.15) is 18.1 Å². The highest BCUT2D eigenvalue weighted by atomic mass is 35.5. The van der Waals surface area contributed by atoms with Gasteiger partial charge in [-0.05, 0) is 24.5 Å². The third-order valence-electron chi connectivity index (χ3n) is 4.80. The Balaban J connectivity index is 0.00000169. The van der Waals surface area contributed by atoms with Crippen LogP contribution in [0.25, 0.3) is 0 Å². The predicted octanol–water partition coefficient (Wildman–Crippen LogP) is 0.825. The number of likely N-dealkylation sites (N-methyl/N-ethyl adjacent to an activating group) is 1. The molecule has 2 aliphatic heterocycles. The molecule has 0 saturated carbocycles. The van der Waals surface area contributed by atoms with Crippen LogP contribution in [0.4, 0.5) is 0 Å². The summed E-state index contributed by atoms with van der Waals surface area (Å²) in [7, 11) is 0. The highest BCUT2D eigenvalue weighted by molar-refractivity contribution is 5.85. The molecule has 2 amide bonds. The Morgan fingerprint density at radius 1 is 1.12 bits per heavy atom. The van der Waals surface area contributed by atoms with Crippen LogP contribution in [-0.2, 0) is 22.6 Å². The minimum atomic E-state index is -0.130. The van der Waals surface area contributed by atoms with E-state index in [2.05, 4.69) is 27.7 Å². The van der Waals surface area contributed by atoms with Crippen molar-refractivity contribution in [2.75, 3.05) is 39.3 Å². The number of carbonyl (C=O) groups excluding carboxylic acids is 2. The van der Waals surface area contributed by atoms with E-state index in [1.54, 1.807) is 0 Å². The van der Waals surface area contributed by atoms with Crippen LogP contribution in [0, 0.1) is 0 Å². The number of amides is 2. The standard InChI is InChI=1S/C18H26N4O2.2ClH/c1-2-19-17(23)13-21-7-9-22(10-8-21)18(24)16-11-14-5-3-4-6-15(14)12-20-16;;/h3-6,16,20H,2,7-13H2,1H3,(H,19,23);2*1H. The first-order valence-electron chi connectivity index (χ1n) is 8.75. The molecule has 0 radical (unpaired) electrons. The maximum Gasteiger partial charge on any atom is 0.240 e. The van der Waals surface area contributed by atoms with Crippen molar-refractivity contribution >= 4 is 36.6 Å². The summed E-state index contributed by atoms with van der Waals surface area (Å²) in [6, 6.07) is 8.17. The lowest BCUT2D eigenvalue weighted by atomic mass is 9.95. The first kappa shape index (κ1) is 22.7. The number of nitrogens with one attached hydrogen (secondary N) is 2. The summed E-state index contributed by atoms with van der Waals surface area (Å²) >= 11 is 0. The second kappa shape index (κ2) is 10.7. The summed E-state index contributed by atoms with van der Waals surface area (Å²) in [5.74, 6) is 0.241.